The number of hydrogen-bond acceptors (Lipinski definition) is 2. The van der Waals surface area contributed by atoms with Gasteiger partial charge in [0.05, 0.1) is 6.54 Å². The summed E-state index contributed by atoms with van der Waals surface area (Å²) in [5.41, 5.74) is 0. The normalized spacial score (nSPS) is 23.7. The second-order valence-electron chi connectivity index (χ2n) is 6.62. The molecule has 0 bridgehead atoms. The van der Waals surface area contributed by atoms with Gasteiger partial charge in [-0.15, -0.1) is 0 Å². The Balaban J connectivity index is 2.37. The molecule has 1 unspecified atom stereocenters. The van der Waals surface area contributed by atoms with E-state index in [2.05, 4.69) is 17.6 Å². The van der Waals surface area contributed by atoms with E-state index in [1.54, 1.807) is 0 Å². The Hall–Kier alpha value is -1.10. The number of likely N-dealkylation sites (N-methyl/N-ethyl adjacent to an activating group) is 1. The van der Waals surface area contributed by atoms with Gasteiger partial charge in [-0.1, -0.05) is 19.8 Å². The molecule has 1 aliphatic carbocycles. The van der Waals surface area contributed by atoms with Crippen LogP contribution in [-0.2, 0) is 9.59 Å². The molecule has 1 fully saturated rings. The number of amides is 2. The van der Waals surface area contributed by atoms with Crippen LogP contribution in [0, 0.1) is 5.92 Å². The fourth-order valence-electron chi connectivity index (χ4n) is 2.93. The van der Waals surface area contributed by atoms with Gasteiger partial charge < -0.3 is 15.5 Å². The van der Waals surface area contributed by atoms with Gasteiger partial charge in [-0.05, 0) is 39.5 Å². The lowest BCUT2D eigenvalue weighted by Crippen LogP contribution is -3.14. The van der Waals surface area contributed by atoms with Crippen molar-refractivity contribution in [1.29, 1.82) is 0 Å². The van der Waals surface area contributed by atoms with Gasteiger partial charge in [0.1, 0.15) is 0 Å². The highest BCUT2D eigenvalue weighted by Gasteiger charge is 2.24. The predicted molar refractivity (Wildman–Crippen MR) is 84.1 cm³/mol. The van der Waals surface area contributed by atoms with Gasteiger partial charge in [0.15, 0.2) is 13.1 Å². The fraction of sp³-hybridized carbons (Fsp3) is 0.875. The standard InChI is InChI=1S/C16H31N3O2/c1-5-19(10-15(20)17-12(2)3)11-16(21)18-14-9-7-6-8-13(14)4/h12-14H,5-11H2,1-4H3,(H,17,20)(H,18,21)/p+1/t13-,14-/m0/s1. The van der Waals surface area contributed by atoms with Gasteiger partial charge >= 0.3 is 0 Å². The molecule has 0 aromatic heterocycles. The van der Waals surface area contributed by atoms with Crippen molar-refractivity contribution in [3.05, 3.63) is 0 Å². The highest BCUT2D eigenvalue weighted by molar-refractivity contribution is 5.79. The average Bonchev–Trinajstić information content (AvgIpc) is 2.39. The molecule has 122 valence electrons. The first-order valence-corrected chi connectivity index (χ1v) is 8.34. The molecule has 0 aliphatic heterocycles. The van der Waals surface area contributed by atoms with E-state index in [1.807, 2.05) is 20.8 Å². The fourth-order valence-corrected chi connectivity index (χ4v) is 2.93. The number of hydrogen-bond donors (Lipinski definition) is 3. The number of carbonyl (C=O) groups is 2. The Labute approximate surface area is 128 Å². The zero-order chi connectivity index (χ0) is 15.8. The summed E-state index contributed by atoms with van der Waals surface area (Å²) in [5.74, 6) is 0.653. The Morgan fingerprint density at radius 3 is 2.33 bits per heavy atom. The van der Waals surface area contributed by atoms with Crippen LogP contribution in [0.3, 0.4) is 0 Å². The number of quaternary nitrogens is 1. The molecular weight excluding hydrogens is 266 g/mol. The molecule has 21 heavy (non-hydrogen) atoms. The van der Waals surface area contributed by atoms with Crippen molar-refractivity contribution in [2.75, 3.05) is 19.6 Å². The van der Waals surface area contributed by atoms with Gasteiger partial charge in [-0.25, -0.2) is 0 Å². The molecular formula is C16H32N3O2+. The molecule has 1 aliphatic rings. The summed E-state index contributed by atoms with van der Waals surface area (Å²) < 4.78 is 0. The van der Waals surface area contributed by atoms with Crippen LogP contribution in [0.2, 0.25) is 0 Å². The first-order chi connectivity index (χ1) is 9.92. The molecule has 1 saturated carbocycles. The number of carbonyl (C=O) groups excluding carboxylic acids is 2. The van der Waals surface area contributed by atoms with E-state index >= 15 is 0 Å². The molecule has 0 aromatic carbocycles. The van der Waals surface area contributed by atoms with E-state index in [-0.39, 0.29) is 17.9 Å². The van der Waals surface area contributed by atoms with E-state index in [1.165, 1.54) is 19.3 Å². The van der Waals surface area contributed by atoms with Crippen LogP contribution in [0.5, 0.6) is 0 Å². The first-order valence-electron chi connectivity index (χ1n) is 8.34. The summed E-state index contributed by atoms with van der Waals surface area (Å²) in [6.45, 7) is 9.63. The van der Waals surface area contributed by atoms with Crippen LogP contribution in [0.15, 0.2) is 0 Å². The van der Waals surface area contributed by atoms with Crippen molar-refractivity contribution in [2.45, 2.75) is 65.5 Å². The van der Waals surface area contributed by atoms with Crippen molar-refractivity contribution in [3.8, 4) is 0 Å². The van der Waals surface area contributed by atoms with Gasteiger partial charge in [-0.2, -0.15) is 0 Å². The van der Waals surface area contributed by atoms with Crippen LogP contribution >= 0.6 is 0 Å². The molecule has 1 rings (SSSR count). The van der Waals surface area contributed by atoms with Crippen molar-refractivity contribution in [1.82, 2.24) is 10.6 Å². The van der Waals surface area contributed by atoms with E-state index in [9.17, 15) is 9.59 Å². The maximum Gasteiger partial charge on any atom is 0.275 e. The van der Waals surface area contributed by atoms with Gasteiger partial charge in [0.25, 0.3) is 11.8 Å². The quantitative estimate of drug-likeness (QED) is 0.625. The second kappa shape index (κ2) is 9.03. The molecule has 0 spiro atoms. The maximum atomic E-state index is 12.2. The monoisotopic (exact) mass is 298 g/mol. The van der Waals surface area contributed by atoms with E-state index < -0.39 is 0 Å². The van der Waals surface area contributed by atoms with Gasteiger partial charge in [0, 0.05) is 12.1 Å². The molecule has 0 aromatic rings. The molecule has 3 atom stereocenters. The third kappa shape index (κ3) is 6.93. The Kier molecular flexibility index (Phi) is 7.72. The third-order valence-corrected chi connectivity index (χ3v) is 4.23. The predicted octanol–water partition coefficient (Wildman–Crippen LogP) is 0.111. The summed E-state index contributed by atoms with van der Waals surface area (Å²) in [6, 6.07) is 0.460. The second-order valence-corrected chi connectivity index (χ2v) is 6.62. The van der Waals surface area contributed by atoms with Crippen molar-refractivity contribution in [3.63, 3.8) is 0 Å². The molecule has 0 heterocycles. The Bertz CT molecular complexity index is 344. The van der Waals surface area contributed by atoms with E-state index in [0.717, 1.165) is 17.9 Å². The number of nitrogens with one attached hydrogen (secondary N) is 3. The maximum absolute atomic E-state index is 12.2. The van der Waals surface area contributed by atoms with Crippen LogP contribution in [0.4, 0.5) is 0 Å². The minimum atomic E-state index is 0.0145. The summed E-state index contributed by atoms with van der Waals surface area (Å²) in [7, 11) is 0. The van der Waals surface area contributed by atoms with Crippen LogP contribution < -0.4 is 15.5 Å². The van der Waals surface area contributed by atoms with E-state index in [0.29, 0.717) is 25.0 Å². The summed E-state index contributed by atoms with van der Waals surface area (Å²) in [4.78, 5) is 25.0. The molecule has 0 saturated heterocycles. The van der Waals surface area contributed by atoms with Crippen molar-refractivity contribution in [2.24, 2.45) is 5.92 Å². The lowest BCUT2D eigenvalue weighted by molar-refractivity contribution is -0.881. The van der Waals surface area contributed by atoms with Crippen LogP contribution in [-0.4, -0.2) is 43.5 Å². The smallest absolute Gasteiger partial charge is 0.275 e. The van der Waals surface area contributed by atoms with Crippen molar-refractivity contribution >= 4 is 11.8 Å². The lowest BCUT2D eigenvalue weighted by atomic mass is 9.86. The largest absolute Gasteiger partial charge is 0.349 e. The summed E-state index contributed by atoms with van der Waals surface area (Å²) >= 11 is 0. The molecule has 5 nitrogen and oxygen atoms in total. The molecule has 0 radical (unpaired) electrons. The Morgan fingerprint density at radius 1 is 1.14 bits per heavy atom. The average molecular weight is 298 g/mol. The summed E-state index contributed by atoms with van der Waals surface area (Å²) in [6.07, 6.45) is 4.76. The molecule has 3 N–H and O–H groups in total. The lowest BCUT2D eigenvalue weighted by Gasteiger charge is -2.29. The molecule has 2 amide bonds. The molecule has 5 heteroatoms. The number of rotatable bonds is 7. The van der Waals surface area contributed by atoms with Gasteiger partial charge in [-0.3, -0.25) is 9.59 Å². The van der Waals surface area contributed by atoms with Gasteiger partial charge in [0.2, 0.25) is 0 Å². The minimum Gasteiger partial charge on any atom is -0.349 e. The van der Waals surface area contributed by atoms with Crippen LogP contribution in [0.25, 0.3) is 0 Å². The third-order valence-electron chi connectivity index (χ3n) is 4.23. The first kappa shape index (κ1) is 18.0. The summed E-state index contributed by atoms with van der Waals surface area (Å²) in [5, 5.41) is 6.03. The highest BCUT2D eigenvalue weighted by atomic mass is 16.2. The zero-order valence-electron chi connectivity index (χ0n) is 14.0. The van der Waals surface area contributed by atoms with E-state index in [4.69, 9.17) is 0 Å². The Morgan fingerprint density at radius 2 is 1.76 bits per heavy atom. The van der Waals surface area contributed by atoms with Crippen LogP contribution in [0.1, 0.15) is 53.4 Å². The SMILES string of the molecule is CC[NH+](CC(=O)NC(C)C)CC(=O)N[C@H]1CCCC[C@@H]1C. The topological polar surface area (TPSA) is 62.6 Å². The minimum absolute atomic E-state index is 0.0145. The zero-order valence-corrected chi connectivity index (χ0v) is 14.0. The highest BCUT2D eigenvalue weighted by Crippen LogP contribution is 2.23. The van der Waals surface area contributed by atoms with Crippen molar-refractivity contribution < 1.29 is 14.5 Å².